The van der Waals surface area contributed by atoms with Crippen LogP contribution in [0.5, 0.6) is 0 Å². The van der Waals surface area contributed by atoms with Gasteiger partial charge in [-0.05, 0) is 18.2 Å². The van der Waals surface area contributed by atoms with Gasteiger partial charge in [-0.2, -0.15) is 21.6 Å². The summed E-state index contributed by atoms with van der Waals surface area (Å²) in [4.78, 5) is 3.66. The summed E-state index contributed by atoms with van der Waals surface area (Å²) in [6.45, 7) is 0. The number of nitrogens with zero attached hydrogens (tertiary/aromatic N) is 2. The van der Waals surface area contributed by atoms with Crippen molar-refractivity contribution in [3.05, 3.63) is 36.3 Å². The predicted octanol–water partition coefficient (Wildman–Crippen LogP) is 1.82. The quantitative estimate of drug-likeness (QED) is 0.844. The summed E-state index contributed by atoms with van der Waals surface area (Å²) in [5.74, 6) is 0. The molecular weight excluding hydrogens is 309 g/mol. The van der Waals surface area contributed by atoms with E-state index in [4.69, 9.17) is 5.73 Å². The van der Waals surface area contributed by atoms with Gasteiger partial charge < -0.3 is 10.3 Å². The highest BCUT2D eigenvalue weighted by atomic mass is 32.2. The zero-order chi connectivity index (χ0) is 15.8. The highest BCUT2D eigenvalue weighted by Crippen LogP contribution is 2.33. The molecule has 0 saturated heterocycles. The first-order valence-electron chi connectivity index (χ1n) is 5.57. The van der Waals surface area contributed by atoms with E-state index >= 15 is 0 Å². The number of aromatic nitrogens is 2. The van der Waals surface area contributed by atoms with Crippen LogP contribution in [0.1, 0.15) is 5.56 Å². The molecule has 0 bridgehead atoms. The molecule has 0 spiro atoms. The molecule has 10 heteroatoms. The maximum Gasteiger partial charge on any atom is 0.416 e. The second kappa shape index (κ2) is 4.95. The minimum absolute atomic E-state index is 0.145. The molecule has 114 valence electrons. The third-order valence-corrected chi connectivity index (χ3v) is 3.83. The van der Waals surface area contributed by atoms with Gasteiger partial charge in [0.2, 0.25) is 0 Å². The zero-order valence-electron chi connectivity index (χ0n) is 10.7. The summed E-state index contributed by atoms with van der Waals surface area (Å²) in [7, 11) is -2.42. The molecule has 0 amide bonds. The van der Waals surface area contributed by atoms with Crippen LogP contribution in [0.2, 0.25) is 0 Å². The molecule has 1 aromatic heterocycles. The van der Waals surface area contributed by atoms with Crippen LogP contribution >= 0.6 is 0 Å². The van der Waals surface area contributed by atoms with E-state index in [9.17, 15) is 21.6 Å². The topological polar surface area (TPSA) is 90.0 Å². The van der Waals surface area contributed by atoms with E-state index in [0.717, 1.165) is 12.1 Å². The summed E-state index contributed by atoms with van der Waals surface area (Å²) in [5.41, 5.74) is 4.02. The number of sulfonamides is 1. The lowest BCUT2D eigenvalue weighted by Crippen LogP contribution is -2.15. The summed E-state index contributed by atoms with van der Waals surface area (Å²) < 4.78 is 65.0. The molecule has 0 unspecified atom stereocenters. The average Bonchev–Trinajstić information content (AvgIpc) is 2.78. The Morgan fingerprint density at radius 3 is 2.48 bits per heavy atom. The Morgan fingerprint density at radius 2 is 2.00 bits per heavy atom. The van der Waals surface area contributed by atoms with Crippen LogP contribution in [0.25, 0.3) is 0 Å². The lowest BCUT2D eigenvalue weighted by atomic mass is 10.2. The van der Waals surface area contributed by atoms with Crippen molar-refractivity contribution in [2.24, 2.45) is 7.05 Å². The number of benzene rings is 1. The first-order valence-corrected chi connectivity index (χ1v) is 7.05. The largest absolute Gasteiger partial charge is 0.416 e. The Balaban J connectivity index is 2.32. The van der Waals surface area contributed by atoms with Gasteiger partial charge in [-0.15, -0.1) is 0 Å². The van der Waals surface area contributed by atoms with E-state index in [-0.39, 0.29) is 16.4 Å². The third-order valence-electron chi connectivity index (χ3n) is 2.58. The lowest BCUT2D eigenvalue weighted by molar-refractivity contribution is -0.137. The van der Waals surface area contributed by atoms with Crippen molar-refractivity contribution in [2.75, 3.05) is 10.5 Å². The molecule has 0 atom stereocenters. The zero-order valence-corrected chi connectivity index (χ0v) is 11.5. The molecule has 1 aromatic carbocycles. The van der Waals surface area contributed by atoms with Crippen LogP contribution in [0.3, 0.4) is 0 Å². The standard InChI is InChI=1S/C11H11F3N4O2S/c1-18-5-10(16-6-18)21(19,20)17-9-3-2-7(4-8(9)15)11(12,13)14/h2-6,17H,15H2,1H3. The van der Waals surface area contributed by atoms with Crippen LogP contribution in [0.4, 0.5) is 24.5 Å². The summed E-state index contributed by atoms with van der Waals surface area (Å²) >= 11 is 0. The molecule has 6 nitrogen and oxygen atoms in total. The van der Waals surface area contributed by atoms with E-state index in [1.54, 1.807) is 7.05 Å². The highest BCUT2D eigenvalue weighted by molar-refractivity contribution is 7.92. The van der Waals surface area contributed by atoms with Crippen LogP contribution in [-0.4, -0.2) is 18.0 Å². The Hall–Kier alpha value is -2.23. The molecule has 0 aliphatic carbocycles. The molecule has 1 heterocycles. The van der Waals surface area contributed by atoms with E-state index in [1.165, 1.54) is 17.1 Å². The first kappa shape index (κ1) is 15.2. The number of hydrogen-bond acceptors (Lipinski definition) is 4. The van der Waals surface area contributed by atoms with Crippen molar-refractivity contribution in [3.63, 3.8) is 0 Å². The molecule has 0 saturated carbocycles. The Morgan fingerprint density at radius 1 is 1.33 bits per heavy atom. The maximum atomic E-state index is 12.5. The van der Waals surface area contributed by atoms with Crippen molar-refractivity contribution >= 4 is 21.4 Å². The minimum atomic E-state index is -4.55. The fourth-order valence-electron chi connectivity index (χ4n) is 1.56. The van der Waals surface area contributed by atoms with E-state index < -0.39 is 21.8 Å². The van der Waals surface area contributed by atoms with Gasteiger partial charge in [-0.25, -0.2) is 4.98 Å². The van der Waals surface area contributed by atoms with Crippen molar-refractivity contribution in [3.8, 4) is 0 Å². The molecular formula is C11H11F3N4O2S. The SMILES string of the molecule is Cn1cnc(S(=O)(=O)Nc2ccc(C(F)(F)F)cc2N)c1. The number of alkyl halides is 3. The Bertz CT molecular complexity index is 768. The van der Waals surface area contributed by atoms with Gasteiger partial charge in [0, 0.05) is 13.2 Å². The Kier molecular flexibility index (Phi) is 3.58. The third kappa shape index (κ3) is 3.27. The molecule has 2 aromatic rings. The molecule has 0 fully saturated rings. The van der Waals surface area contributed by atoms with E-state index in [0.29, 0.717) is 6.07 Å². The lowest BCUT2D eigenvalue weighted by Gasteiger charge is -2.12. The number of hydrogen-bond donors (Lipinski definition) is 2. The summed E-state index contributed by atoms with van der Waals surface area (Å²) in [6, 6.07) is 2.36. The monoisotopic (exact) mass is 320 g/mol. The number of anilines is 2. The molecule has 3 N–H and O–H groups in total. The van der Waals surface area contributed by atoms with Crippen molar-refractivity contribution in [1.29, 1.82) is 0 Å². The number of aryl methyl sites for hydroxylation is 1. The van der Waals surface area contributed by atoms with Gasteiger partial charge in [0.1, 0.15) is 0 Å². The number of rotatable bonds is 3. The first-order chi connectivity index (χ1) is 9.59. The second-order valence-corrected chi connectivity index (χ2v) is 5.91. The van der Waals surface area contributed by atoms with Crippen molar-refractivity contribution in [2.45, 2.75) is 11.2 Å². The predicted molar refractivity (Wildman–Crippen MR) is 69.9 cm³/mol. The van der Waals surface area contributed by atoms with Crippen LogP contribution in [0.15, 0.2) is 35.7 Å². The number of imidazole rings is 1. The van der Waals surface area contributed by atoms with Crippen LogP contribution in [-0.2, 0) is 23.2 Å². The van der Waals surface area contributed by atoms with Gasteiger partial charge >= 0.3 is 6.18 Å². The van der Waals surface area contributed by atoms with Gasteiger partial charge in [-0.1, -0.05) is 0 Å². The number of nitrogen functional groups attached to an aromatic ring is 1. The van der Waals surface area contributed by atoms with E-state index in [1.807, 2.05) is 0 Å². The summed E-state index contributed by atoms with van der Waals surface area (Å²) in [5, 5.41) is -0.260. The minimum Gasteiger partial charge on any atom is -0.397 e. The molecule has 0 radical (unpaired) electrons. The smallest absolute Gasteiger partial charge is 0.397 e. The highest BCUT2D eigenvalue weighted by Gasteiger charge is 2.31. The number of nitrogens with two attached hydrogens (primary N) is 1. The molecule has 0 aliphatic heterocycles. The fourth-order valence-corrected chi connectivity index (χ4v) is 2.63. The normalized spacial score (nSPS) is 12.4. The van der Waals surface area contributed by atoms with E-state index in [2.05, 4.69) is 9.71 Å². The second-order valence-electron chi connectivity index (χ2n) is 4.28. The summed E-state index contributed by atoms with van der Waals surface area (Å²) in [6.07, 6.45) is -2.01. The van der Waals surface area contributed by atoms with Gasteiger partial charge in [0.15, 0.2) is 5.03 Å². The van der Waals surface area contributed by atoms with Gasteiger partial charge in [0.25, 0.3) is 10.0 Å². The van der Waals surface area contributed by atoms with Crippen LogP contribution < -0.4 is 10.5 Å². The van der Waals surface area contributed by atoms with Crippen LogP contribution in [0, 0.1) is 0 Å². The molecule has 21 heavy (non-hydrogen) atoms. The number of nitrogens with one attached hydrogen (secondary N) is 1. The fraction of sp³-hybridized carbons (Fsp3) is 0.182. The average molecular weight is 320 g/mol. The van der Waals surface area contributed by atoms with Crippen molar-refractivity contribution < 1.29 is 21.6 Å². The number of halogens is 3. The molecule has 2 rings (SSSR count). The van der Waals surface area contributed by atoms with Gasteiger partial charge in [0.05, 0.1) is 23.3 Å². The van der Waals surface area contributed by atoms with Crippen molar-refractivity contribution in [1.82, 2.24) is 9.55 Å². The Labute approximate surface area is 118 Å². The maximum absolute atomic E-state index is 12.5. The van der Waals surface area contributed by atoms with Gasteiger partial charge in [-0.3, -0.25) is 4.72 Å². The molecule has 0 aliphatic rings.